The van der Waals surface area contributed by atoms with Gasteiger partial charge in [-0.25, -0.2) is 0 Å². The lowest BCUT2D eigenvalue weighted by Crippen LogP contribution is -2.14. The summed E-state index contributed by atoms with van der Waals surface area (Å²) < 4.78 is 16.7. The molecule has 100 valence electrons. The Balaban J connectivity index is 2.51. The zero-order valence-corrected chi connectivity index (χ0v) is 12.0. The monoisotopic (exact) mass is 268 g/mol. The fraction of sp³-hybridized carbons (Fsp3) is 0.500. The maximum atomic E-state index is 11.9. The van der Waals surface area contributed by atoms with Gasteiger partial charge in [0.1, 0.15) is 5.75 Å². The fourth-order valence-electron chi connectivity index (χ4n) is 1.45. The SMILES string of the molecule is COc1ccc(C(=O)CS(=O)CCC(C)C)cc1. The number of methoxy groups -OCH3 is 1. The molecule has 1 aromatic rings. The van der Waals surface area contributed by atoms with Crippen LogP contribution in [-0.2, 0) is 10.8 Å². The van der Waals surface area contributed by atoms with Crippen LogP contribution in [0.5, 0.6) is 5.75 Å². The summed E-state index contributed by atoms with van der Waals surface area (Å²) in [5, 5.41) is 0. The van der Waals surface area contributed by atoms with Crippen molar-refractivity contribution in [2.75, 3.05) is 18.6 Å². The normalized spacial score (nSPS) is 12.4. The number of ether oxygens (including phenoxy) is 1. The van der Waals surface area contributed by atoms with Crippen LogP contribution in [0.25, 0.3) is 0 Å². The van der Waals surface area contributed by atoms with E-state index in [1.807, 2.05) is 0 Å². The van der Waals surface area contributed by atoms with Gasteiger partial charge in [-0.3, -0.25) is 9.00 Å². The summed E-state index contributed by atoms with van der Waals surface area (Å²) in [7, 11) is 0.522. The molecule has 0 aromatic heterocycles. The average Bonchev–Trinajstić information content (AvgIpc) is 2.36. The second kappa shape index (κ2) is 7.31. The minimum absolute atomic E-state index is 0.0697. The molecule has 0 radical (unpaired) electrons. The zero-order chi connectivity index (χ0) is 13.5. The molecular weight excluding hydrogens is 248 g/mol. The van der Waals surface area contributed by atoms with E-state index in [2.05, 4.69) is 13.8 Å². The van der Waals surface area contributed by atoms with Crippen LogP contribution >= 0.6 is 0 Å². The molecule has 0 aliphatic heterocycles. The molecule has 0 fully saturated rings. The molecule has 0 amide bonds. The van der Waals surface area contributed by atoms with E-state index in [-0.39, 0.29) is 11.5 Å². The summed E-state index contributed by atoms with van der Waals surface area (Å²) >= 11 is 0. The van der Waals surface area contributed by atoms with Crippen LogP contribution in [0.2, 0.25) is 0 Å². The van der Waals surface area contributed by atoms with Crippen molar-refractivity contribution in [2.45, 2.75) is 20.3 Å². The zero-order valence-electron chi connectivity index (χ0n) is 11.1. The molecule has 18 heavy (non-hydrogen) atoms. The minimum Gasteiger partial charge on any atom is -0.497 e. The van der Waals surface area contributed by atoms with Crippen molar-refractivity contribution in [3.05, 3.63) is 29.8 Å². The molecule has 1 unspecified atom stereocenters. The Morgan fingerprint density at radius 3 is 2.39 bits per heavy atom. The van der Waals surface area contributed by atoms with E-state index in [4.69, 9.17) is 4.74 Å². The maximum absolute atomic E-state index is 11.9. The largest absolute Gasteiger partial charge is 0.497 e. The molecule has 0 saturated carbocycles. The molecule has 1 atom stereocenters. The molecule has 3 nitrogen and oxygen atoms in total. The van der Waals surface area contributed by atoms with Crippen molar-refractivity contribution < 1.29 is 13.7 Å². The highest BCUT2D eigenvalue weighted by Gasteiger charge is 2.11. The first-order chi connectivity index (χ1) is 8.52. The van der Waals surface area contributed by atoms with Crippen LogP contribution in [0.3, 0.4) is 0 Å². The Morgan fingerprint density at radius 2 is 1.89 bits per heavy atom. The van der Waals surface area contributed by atoms with Crippen molar-refractivity contribution in [3.8, 4) is 5.75 Å². The minimum atomic E-state index is -1.06. The first-order valence-electron chi connectivity index (χ1n) is 6.05. The summed E-state index contributed by atoms with van der Waals surface area (Å²) in [4.78, 5) is 11.9. The van der Waals surface area contributed by atoms with Gasteiger partial charge in [-0.2, -0.15) is 0 Å². The van der Waals surface area contributed by atoms with Gasteiger partial charge in [-0.15, -0.1) is 0 Å². The third kappa shape index (κ3) is 5.00. The predicted molar refractivity (Wildman–Crippen MR) is 74.7 cm³/mol. The van der Waals surface area contributed by atoms with Gasteiger partial charge in [0.2, 0.25) is 0 Å². The van der Waals surface area contributed by atoms with E-state index in [0.717, 1.165) is 6.42 Å². The summed E-state index contributed by atoms with van der Waals surface area (Å²) in [5.41, 5.74) is 0.591. The highest BCUT2D eigenvalue weighted by molar-refractivity contribution is 7.85. The summed E-state index contributed by atoms with van der Waals surface area (Å²) in [6.45, 7) is 4.17. The number of benzene rings is 1. The topological polar surface area (TPSA) is 43.4 Å². The van der Waals surface area contributed by atoms with Crippen LogP contribution in [0.1, 0.15) is 30.6 Å². The Morgan fingerprint density at radius 1 is 1.28 bits per heavy atom. The Bertz CT molecular complexity index is 410. The predicted octanol–water partition coefficient (Wildman–Crippen LogP) is 2.67. The van der Waals surface area contributed by atoms with Crippen LogP contribution in [0, 0.1) is 5.92 Å². The van der Waals surface area contributed by atoms with Crippen LogP contribution < -0.4 is 4.74 Å². The van der Waals surface area contributed by atoms with Gasteiger partial charge in [0, 0.05) is 22.1 Å². The number of Topliss-reactive ketones (excluding diaryl/α,β-unsaturated/α-hetero) is 1. The van der Waals surface area contributed by atoms with Gasteiger partial charge >= 0.3 is 0 Å². The molecule has 0 heterocycles. The van der Waals surface area contributed by atoms with Gasteiger partial charge in [-0.1, -0.05) is 13.8 Å². The van der Waals surface area contributed by atoms with Gasteiger partial charge in [-0.05, 0) is 36.6 Å². The molecule has 0 bridgehead atoms. The smallest absolute Gasteiger partial charge is 0.175 e. The van der Waals surface area contributed by atoms with Crippen LogP contribution in [0.4, 0.5) is 0 Å². The first kappa shape index (κ1) is 14.9. The van der Waals surface area contributed by atoms with E-state index in [1.165, 1.54) is 0 Å². The molecule has 0 aliphatic rings. The number of rotatable bonds is 7. The van der Waals surface area contributed by atoms with Crippen molar-refractivity contribution in [1.29, 1.82) is 0 Å². The average molecular weight is 268 g/mol. The highest BCUT2D eigenvalue weighted by atomic mass is 32.2. The van der Waals surface area contributed by atoms with Gasteiger partial charge in [0.15, 0.2) is 5.78 Å². The van der Waals surface area contributed by atoms with Crippen LogP contribution in [-0.4, -0.2) is 28.6 Å². The second-order valence-corrected chi connectivity index (χ2v) is 6.20. The molecule has 4 heteroatoms. The van der Waals surface area contributed by atoms with Gasteiger partial charge < -0.3 is 4.74 Å². The summed E-state index contributed by atoms with van der Waals surface area (Å²) in [6, 6.07) is 6.90. The molecule has 0 N–H and O–H groups in total. The second-order valence-electron chi connectivity index (χ2n) is 4.62. The fourth-order valence-corrected chi connectivity index (χ4v) is 2.78. The summed E-state index contributed by atoms with van der Waals surface area (Å²) in [6.07, 6.45) is 0.891. The van der Waals surface area contributed by atoms with E-state index in [0.29, 0.717) is 23.0 Å². The number of carbonyl (C=O) groups excluding carboxylic acids is 1. The van der Waals surface area contributed by atoms with Gasteiger partial charge in [0.05, 0.1) is 12.9 Å². The number of hydrogen-bond donors (Lipinski definition) is 0. The van der Waals surface area contributed by atoms with Crippen LogP contribution in [0.15, 0.2) is 24.3 Å². The molecule has 1 rings (SSSR count). The quantitative estimate of drug-likeness (QED) is 0.714. The van der Waals surface area contributed by atoms with E-state index in [9.17, 15) is 9.00 Å². The Labute approximate surface area is 111 Å². The summed E-state index contributed by atoms with van der Waals surface area (Å²) in [5.74, 6) is 1.87. The van der Waals surface area contributed by atoms with Crippen molar-refractivity contribution >= 4 is 16.6 Å². The molecule has 0 aliphatic carbocycles. The Kier molecular flexibility index (Phi) is 6.05. The molecule has 1 aromatic carbocycles. The highest BCUT2D eigenvalue weighted by Crippen LogP contribution is 2.12. The number of carbonyl (C=O) groups is 1. The van der Waals surface area contributed by atoms with Crippen molar-refractivity contribution in [3.63, 3.8) is 0 Å². The maximum Gasteiger partial charge on any atom is 0.175 e. The standard InChI is InChI=1S/C14H20O3S/c1-11(2)8-9-18(16)10-14(15)12-4-6-13(17-3)7-5-12/h4-7,11H,8-10H2,1-3H3. The van der Waals surface area contributed by atoms with E-state index in [1.54, 1.807) is 31.4 Å². The van der Waals surface area contributed by atoms with Gasteiger partial charge in [0.25, 0.3) is 0 Å². The molecule has 0 spiro atoms. The lowest BCUT2D eigenvalue weighted by molar-refractivity contribution is 0.102. The lowest BCUT2D eigenvalue weighted by atomic mass is 10.1. The molecule has 0 saturated heterocycles. The van der Waals surface area contributed by atoms with Crippen molar-refractivity contribution in [1.82, 2.24) is 0 Å². The van der Waals surface area contributed by atoms with Crippen molar-refractivity contribution in [2.24, 2.45) is 5.92 Å². The van der Waals surface area contributed by atoms with E-state index >= 15 is 0 Å². The lowest BCUT2D eigenvalue weighted by Gasteiger charge is -2.05. The van der Waals surface area contributed by atoms with E-state index < -0.39 is 10.8 Å². The first-order valence-corrected chi connectivity index (χ1v) is 7.54. The third-order valence-corrected chi connectivity index (χ3v) is 3.90. The molecular formula is C14H20O3S. The number of hydrogen-bond acceptors (Lipinski definition) is 3. The number of ketones is 1. The third-order valence-electron chi connectivity index (χ3n) is 2.63. The Hall–Kier alpha value is -1.16.